The van der Waals surface area contributed by atoms with Gasteiger partial charge in [0.15, 0.2) is 0 Å². The summed E-state index contributed by atoms with van der Waals surface area (Å²) in [4.78, 5) is 0. The molecule has 0 aliphatic carbocycles. The van der Waals surface area contributed by atoms with Crippen molar-refractivity contribution in [3.8, 4) is 5.88 Å². The van der Waals surface area contributed by atoms with Gasteiger partial charge in [0.1, 0.15) is 11.4 Å². The van der Waals surface area contributed by atoms with Crippen molar-refractivity contribution in [2.45, 2.75) is 32.9 Å². The van der Waals surface area contributed by atoms with E-state index in [0.29, 0.717) is 12.1 Å². The molecule has 0 unspecified atom stereocenters. The maximum absolute atomic E-state index is 9.52. The first-order valence-corrected chi connectivity index (χ1v) is 3.89. The molecule has 0 fully saturated rings. The Balaban J connectivity index is 3.11. The summed E-state index contributed by atoms with van der Waals surface area (Å²) in [6, 6.07) is 0. The van der Waals surface area contributed by atoms with Crippen LogP contribution in [0.4, 0.5) is 0 Å². The quantitative estimate of drug-likeness (QED) is 0.664. The Hall–Kier alpha value is -1.10. The van der Waals surface area contributed by atoms with E-state index >= 15 is 0 Å². The third-order valence-corrected chi connectivity index (χ3v) is 1.59. The van der Waals surface area contributed by atoms with Gasteiger partial charge in [-0.1, -0.05) is 12.1 Å². The number of aryl methyl sites for hydroxylation is 1. The van der Waals surface area contributed by atoms with Crippen LogP contribution in [0.1, 0.15) is 26.5 Å². The van der Waals surface area contributed by atoms with E-state index in [4.69, 9.17) is 5.73 Å². The van der Waals surface area contributed by atoms with E-state index < -0.39 is 5.66 Å². The number of hydrogen-bond acceptors (Lipinski definition) is 4. The third kappa shape index (κ3) is 1.40. The van der Waals surface area contributed by atoms with Crippen LogP contribution in [0.25, 0.3) is 0 Å². The molecule has 0 aliphatic rings. The molecule has 0 spiro atoms. The van der Waals surface area contributed by atoms with Crippen molar-refractivity contribution in [3.05, 3.63) is 5.69 Å². The highest BCUT2D eigenvalue weighted by atomic mass is 16.3. The molecule has 68 valence electrons. The number of aromatic nitrogens is 3. The number of nitrogens with zero attached hydrogens (tertiary/aromatic N) is 3. The Morgan fingerprint density at radius 3 is 2.42 bits per heavy atom. The first kappa shape index (κ1) is 8.99. The molecule has 5 heteroatoms. The fourth-order valence-electron chi connectivity index (χ4n) is 0.925. The Kier molecular flexibility index (Phi) is 2.06. The zero-order valence-corrected chi connectivity index (χ0v) is 7.57. The Morgan fingerprint density at radius 2 is 2.17 bits per heavy atom. The highest BCUT2D eigenvalue weighted by molar-refractivity contribution is 5.16. The van der Waals surface area contributed by atoms with Gasteiger partial charge in [-0.3, -0.25) is 0 Å². The number of aromatic hydroxyl groups is 1. The van der Waals surface area contributed by atoms with Crippen LogP contribution >= 0.6 is 0 Å². The first-order valence-electron chi connectivity index (χ1n) is 3.89. The Bertz CT molecular complexity index is 273. The topological polar surface area (TPSA) is 77.0 Å². The minimum Gasteiger partial charge on any atom is -0.492 e. The van der Waals surface area contributed by atoms with Crippen LogP contribution in [0.2, 0.25) is 0 Å². The Morgan fingerprint density at radius 1 is 1.58 bits per heavy atom. The fraction of sp³-hybridized carbons (Fsp3) is 0.714. The minimum absolute atomic E-state index is 0.0602. The van der Waals surface area contributed by atoms with Crippen LogP contribution in [0.5, 0.6) is 5.88 Å². The standard InChI is InChI=1S/C7H14N4O/c1-4-5-6(12)11(10-9-5)7(2,3)8/h12H,4,8H2,1-3H3. The van der Waals surface area contributed by atoms with Crippen molar-refractivity contribution < 1.29 is 5.11 Å². The van der Waals surface area contributed by atoms with Crippen LogP contribution in [-0.2, 0) is 12.1 Å². The van der Waals surface area contributed by atoms with Crippen LogP contribution in [0.15, 0.2) is 0 Å². The maximum Gasteiger partial charge on any atom is 0.235 e. The Labute approximate surface area is 71.2 Å². The van der Waals surface area contributed by atoms with E-state index in [1.807, 2.05) is 6.92 Å². The normalized spacial score (nSPS) is 12.0. The lowest BCUT2D eigenvalue weighted by Gasteiger charge is -2.18. The monoisotopic (exact) mass is 170 g/mol. The summed E-state index contributed by atoms with van der Waals surface area (Å²) in [5.41, 5.74) is 5.60. The zero-order chi connectivity index (χ0) is 9.35. The zero-order valence-electron chi connectivity index (χ0n) is 7.57. The third-order valence-electron chi connectivity index (χ3n) is 1.59. The summed E-state index contributed by atoms with van der Waals surface area (Å²) in [6.07, 6.45) is 0.655. The first-order chi connectivity index (χ1) is 5.46. The molecule has 0 atom stereocenters. The van der Waals surface area contributed by atoms with Gasteiger partial charge in [0, 0.05) is 0 Å². The molecule has 0 radical (unpaired) electrons. The van der Waals surface area contributed by atoms with Crippen molar-refractivity contribution in [3.63, 3.8) is 0 Å². The second-order valence-electron chi connectivity index (χ2n) is 3.28. The molecule has 1 aromatic rings. The van der Waals surface area contributed by atoms with Gasteiger partial charge in [0.05, 0.1) is 0 Å². The van der Waals surface area contributed by atoms with Gasteiger partial charge in [0.25, 0.3) is 0 Å². The summed E-state index contributed by atoms with van der Waals surface area (Å²) in [5.74, 6) is 0.0602. The van der Waals surface area contributed by atoms with Gasteiger partial charge >= 0.3 is 0 Å². The molecule has 0 bridgehead atoms. The van der Waals surface area contributed by atoms with Crippen LogP contribution in [0.3, 0.4) is 0 Å². The lowest BCUT2D eigenvalue weighted by Crippen LogP contribution is -2.36. The molecule has 0 aliphatic heterocycles. The molecule has 5 nitrogen and oxygen atoms in total. The van der Waals surface area contributed by atoms with Crippen molar-refractivity contribution in [1.29, 1.82) is 0 Å². The summed E-state index contributed by atoms with van der Waals surface area (Å²) < 4.78 is 1.31. The lowest BCUT2D eigenvalue weighted by atomic mass is 10.2. The molecule has 3 N–H and O–H groups in total. The van der Waals surface area contributed by atoms with Gasteiger partial charge in [0.2, 0.25) is 5.88 Å². The van der Waals surface area contributed by atoms with Gasteiger partial charge < -0.3 is 10.8 Å². The van der Waals surface area contributed by atoms with Crippen molar-refractivity contribution in [1.82, 2.24) is 15.0 Å². The number of nitrogens with two attached hydrogens (primary N) is 1. The van der Waals surface area contributed by atoms with Crippen molar-refractivity contribution in [2.24, 2.45) is 5.73 Å². The lowest BCUT2D eigenvalue weighted by molar-refractivity contribution is 0.275. The second kappa shape index (κ2) is 2.75. The van der Waals surface area contributed by atoms with Crippen LogP contribution in [0, 0.1) is 0 Å². The van der Waals surface area contributed by atoms with E-state index in [2.05, 4.69) is 10.3 Å². The van der Waals surface area contributed by atoms with Gasteiger partial charge in [-0.05, 0) is 20.3 Å². The van der Waals surface area contributed by atoms with E-state index in [1.165, 1.54) is 4.68 Å². The average Bonchev–Trinajstić information content (AvgIpc) is 2.29. The van der Waals surface area contributed by atoms with Gasteiger partial charge in [-0.15, -0.1) is 5.10 Å². The number of hydrogen-bond donors (Lipinski definition) is 2. The highest BCUT2D eigenvalue weighted by Gasteiger charge is 2.21. The summed E-state index contributed by atoms with van der Waals surface area (Å²) >= 11 is 0. The highest BCUT2D eigenvalue weighted by Crippen LogP contribution is 2.19. The fourth-order valence-corrected chi connectivity index (χ4v) is 0.925. The maximum atomic E-state index is 9.52. The summed E-state index contributed by atoms with van der Waals surface area (Å²) in [7, 11) is 0. The molecule has 1 aromatic heterocycles. The minimum atomic E-state index is -0.704. The molecular weight excluding hydrogens is 156 g/mol. The van der Waals surface area contributed by atoms with E-state index in [9.17, 15) is 5.11 Å². The second-order valence-corrected chi connectivity index (χ2v) is 3.28. The molecule has 0 amide bonds. The molecule has 0 saturated carbocycles. The molecule has 0 saturated heterocycles. The predicted octanol–water partition coefficient (Wildman–Crippen LogP) is 0.197. The summed E-state index contributed by atoms with van der Waals surface area (Å²) in [6.45, 7) is 5.40. The van der Waals surface area contributed by atoms with E-state index in [0.717, 1.165) is 0 Å². The largest absolute Gasteiger partial charge is 0.492 e. The molecule has 12 heavy (non-hydrogen) atoms. The molecule has 0 aromatic carbocycles. The van der Waals surface area contributed by atoms with E-state index in [1.54, 1.807) is 13.8 Å². The summed E-state index contributed by atoms with van der Waals surface area (Å²) in [5, 5.41) is 17.1. The molecule has 1 rings (SSSR count). The van der Waals surface area contributed by atoms with Crippen LogP contribution < -0.4 is 5.73 Å². The number of rotatable bonds is 2. The molecule has 1 heterocycles. The molecular formula is C7H14N4O. The van der Waals surface area contributed by atoms with Crippen molar-refractivity contribution >= 4 is 0 Å². The average molecular weight is 170 g/mol. The van der Waals surface area contributed by atoms with Crippen molar-refractivity contribution in [2.75, 3.05) is 0 Å². The van der Waals surface area contributed by atoms with E-state index in [-0.39, 0.29) is 5.88 Å². The smallest absolute Gasteiger partial charge is 0.235 e. The predicted molar refractivity (Wildman–Crippen MR) is 44.6 cm³/mol. The van der Waals surface area contributed by atoms with Gasteiger partial charge in [-0.2, -0.15) is 4.68 Å². The SMILES string of the molecule is CCc1nnn(C(C)(C)N)c1O. The van der Waals surface area contributed by atoms with Crippen LogP contribution in [-0.4, -0.2) is 20.1 Å². The van der Waals surface area contributed by atoms with Gasteiger partial charge in [-0.25, -0.2) is 0 Å².